The van der Waals surface area contributed by atoms with Crippen LogP contribution in [0.1, 0.15) is 45.2 Å². The predicted molar refractivity (Wildman–Crippen MR) is 143 cm³/mol. The van der Waals surface area contributed by atoms with Gasteiger partial charge in [0.2, 0.25) is 21.8 Å². The smallest absolute Gasteiger partial charge is 0.350 e. The van der Waals surface area contributed by atoms with Crippen LogP contribution >= 0.6 is 23.2 Å². The van der Waals surface area contributed by atoms with Gasteiger partial charge in [-0.1, -0.05) is 48.3 Å². The van der Waals surface area contributed by atoms with E-state index in [1.165, 1.54) is 4.90 Å². The number of nitrogens with one attached hydrogen (secondary N) is 1. The monoisotopic (exact) mass is 595 g/mol. The highest BCUT2D eigenvalue weighted by Gasteiger charge is 2.36. The number of carbonyl (C=O) groups excluding carboxylic acids is 2. The van der Waals surface area contributed by atoms with Crippen LogP contribution in [0.25, 0.3) is 0 Å². The van der Waals surface area contributed by atoms with E-state index in [4.69, 9.17) is 23.2 Å². The molecular formula is C25H30Cl2F3N3O4S. The molecule has 0 unspecified atom stereocenters. The number of nitrogens with zero attached hydrogens (tertiary/aromatic N) is 2. The van der Waals surface area contributed by atoms with E-state index in [0.29, 0.717) is 27.0 Å². The minimum absolute atomic E-state index is 0.150. The second-order valence-corrected chi connectivity index (χ2v) is 12.4. The van der Waals surface area contributed by atoms with E-state index in [2.05, 4.69) is 5.32 Å². The molecule has 2 aromatic carbocycles. The third kappa shape index (κ3) is 8.51. The van der Waals surface area contributed by atoms with Gasteiger partial charge in [-0.3, -0.25) is 13.9 Å². The summed E-state index contributed by atoms with van der Waals surface area (Å²) in [7, 11) is -4.29. The first-order chi connectivity index (χ1) is 17.3. The number of alkyl halides is 3. The van der Waals surface area contributed by atoms with Gasteiger partial charge in [0.05, 0.1) is 22.5 Å². The molecule has 0 heterocycles. The predicted octanol–water partition coefficient (Wildman–Crippen LogP) is 5.50. The highest BCUT2D eigenvalue weighted by atomic mass is 35.5. The molecule has 2 amide bonds. The number of rotatable bonds is 9. The van der Waals surface area contributed by atoms with Crippen LogP contribution < -0.4 is 9.62 Å². The van der Waals surface area contributed by atoms with Gasteiger partial charge >= 0.3 is 6.18 Å². The molecule has 0 radical (unpaired) electrons. The van der Waals surface area contributed by atoms with Crippen LogP contribution in [0.4, 0.5) is 18.9 Å². The van der Waals surface area contributed by atoms with Gasteiger partial charge in [0.1, 0.15) is 12.6 Å². The highest BCUT2D eigenvalue weighted by molar-refractivity contribution is 7.92. The van der Waals surface area contributed by atoms with Gasteiger partial charge in [0, 0.05) is 17.1 Å². The van der Waals surface area contributed by atoms with Crippen LogP contribution in [0.15, 0.2) is 42.5 Å². The Balaban J connectivity index is 2.58. The van der Waals surface area contributed by atoms with Crippen molar-refractivity contribution in [2.24, 2.45) is 0 Å². The zero-order valence-electron chi connectivity index (χ0n) is 21.6. The lowest BCUT2D eigenvalue weighted by Gasteiger charge is -2.34. The molecule has 13 heteroatoms. The Hall–Kier alpha value is -2.50. The van der Waals surface area contributed by atoms with E-state index in [1.807, 2.05) is 0 Å². The second-order valence-electron chi connectivity index (χ2n) is 9.71. The number of anilines is 1. The summed E-state index contributed by atoms with van der Waals surface area (Å²) >= 11 is 12.4. The minimum Gasteiger partial charge on any atom is -0.350 e. The van der Waals surface area contributed by atoms with Crippen LogP contribution in [0, 0.1) is 0 Å². The van der Waals surface area contributed by atoms with Crippen molar-refractivity contribution in [3.8, 4) is 0 Å². The summed E-state index contributed by atoms with van der Waals surface area (Å²) in [6.07, 6.45) is -3.86. The molecule has 0 fully saturated rings. The van der Waals surface area contributed by atoms with Gasteiger partial charge in [-0.2, -0.15) is 13.2 Å². The quantitative estimate of drug-likeness (QED) is 0.414. The second kappa shape index (κ2) is 12.1. The van der Waals surface area contributed by atoms with Crippen molar-refractivity contribution in [3.05, 3.63) is 63.6 Å². The number of benzene rings is 2. The Bertz CT molecular complexity index is 1280. The summed E-state index contributed by atoms with van der Waals surface area (Å²) in [5.41, 5.74) is -1.79. The molecule has 210 valence electrons. The largest absolute Gasteiger partial charge is 0.416 e. The summed E-state index contributed by atoms with van der Waals surface area (Å²) in [5.74, 6) is -1.32. The molecule has 1 atom stereocenters. The number of hydrogen-bond donors (Lipinski definition) is 1. The van der Waals surface area contributed by atoms with Gasteiger partial charge < -0.3 is 10.2 Å². The lowest BCUT2D eigenvalue weighted by molar-refractivity contribution is -0.141. The van der Waals surface area contributed by atoms with E-state index >= 15 is 0 Å². The van der Waals surface area contributed by atoms with Crippen molar-refractivity contribution in [1.82, 2.24) is 10.2 Å². The molecule has 0 aliphatic heterocycles. The summed E-state index contributed by atoms with van der Waals surface area (Å²) in [4.78, 5) is 28.0. The molecule has 38 heavy (non-hydrogen) atoms. The molecule has 1 N–H and O–H groups in total. The standard InChI is InChI=1S/C25H30Cl2F3N3O4S/c1-6-20(23(35)31-24(2,3)4)32(14-16-9-7-8-10-18(16)26)22(34)15-33(38(5,36)37)21-13-17(25(28,29)30)11-12-19(21)27/h7-13,20H,6,14-15H2,1-5H3,(H,31,35)/t20-/m1/s1. The lowest BCUT2D eigenvalue weighted by Crippen LogP contribution is -2.55. The number of hydrogen-bond acceptors (Lipinski definition) is 4. The highest BCUT2D eigenvalue weighted by Crippen LogP contribution is 2.36. The Labute approximate surface area is 230 Å². The molecule has 2 rings (SSSR count). The van der Waals surface area contributed by atoms with Crippen molar-refractivity contribution in [1.29, 1.82) is 0 Å². The van der Waals surface area contributed by atoms with E-state index in [-0.39, 0.29) is 18.0 Å². The summed E-state index contributed by atoms with van der Waals surface area (Å²) in [6, 6.07) is 7.77. The van der Waals surface area contributed by atoms with E-state index < -0.39 is 57.4 Å². The molecule has 0 aliphatic rings. The van der Waals surface area contributed by atoms with E-state index in [9.17, 15) is 31.2 Å². The van der Waals surface area contributed by atoms with Crippen molar-refractivity contribution >= 4 is 50.7 Å². The van der Waals surface area contributed by atoms with Crippen molar-refractivity contribution in [2.75, 3.05) is 17.1 Å². The molecule has 0 aromatic heterocycles. The third-order valence-electron chi connectivity index (χ3n) is 5.40. The molecule has 0 saturated heterocycles. The molecular weight excluding hydrogens is 566 g/mol. The van der Waals surface area contributed by atoms with Crippen LogP contribution in [-0.2, 0) is 32.3 Å². The summed E-state index contributed by atoms with van der Waals surface area (Å²) < 4.78 is 66.0. The summed E-state index contributed by atoms with van der Waals surface area (Å²) in [5, 5.41) is 2.83. The minimum atomic E-state index is -4.78. The van der Waals surface area contributed by atoms with E-state index in [1.54, 1.807) is 52.0 Å². The fourth-order valence-corrected chi connectivity index (χ4v) is 4.98. The molecule has 0 aliphatic carbocycles. The Morgan fingerprint density at radius 2 is 1.63 bits per heavy atom. The fraction of sp³-hybridized carbons (Fsp3) is 0.440. The number of sulfonamides is 1. The van der Waals surface area contributed by atoms with Crippen molar-refractivity contribution in [2.45, 2.75) is 58.4 Å². The maximum absolute atomic E-state index is 13.7. The van der Waals surface area contributed by atoms with Crippen LogP contribution in [0.5, 0.6) is 0 Å². The molecule has 0 spiro atoms. The maximum Gasteiger partial charge on any atom is 0.416 e. The zero-order valence-corrected chi connectivity index (χ0v) is 23.9. The summed E-state index contributed by atoms with van der Waals surface area (Å²) in [6.45, 7) is 5.92. The first-order valence-corrected chi connectivity index (χ1v) is 14.1. The van der Waals surface area contributed by atoms with Gasteiger partial charge in [0.25, 0.3) is 0 Å². The van der Waals surface area contributed by atoms with Crippen LogP contribution in [0.3, 0.4) is 0 Å². The SMILES string of the molecule is CC[C@H](C(=O)NC(C)(C)C)N(Cc1ccccc1Cl)C(=O)CN(c1cc(C(F)(F)F)ccc1Cl)S(C)(=O)=O. The van der Waals surface area contributed by atoms with Gasteiger partial charge in [-0.25, -0.2) is 8.42 Å². The molecule has 0 saturated carbocycles. The Morgan fingerprint density at radius 1 is 1.03 bits per heavy atom. The topological polar surface area (TPSA) is 86.8 Å². The first kappa shape index (κ1) is 31.7. The first-order valence-electron chi connectivity index (χ1n) is 11.5. The lowest BCUT2D eigenvalue weighted by atomic mass is 10.1. The van der Waals surface area contributed by atoms with Crippen molar-refractivity contribution < 1.29 is 31.2 Å². The average Bonchev–Trinajstić information content (AvgIpc) is 2.76. The Kier molecular flexibility index (Phi) is 10.1. The number of halogens is 5. The number of amides is 2. The average molecular weight is 596 g/mol. The fourth-order valence-electron chi connectivity index (χ4n) is 3.66. The van der Waals surface area contributed by atoms with Crippen molar-refractivity contribution in [3.63, 3.8) is 0 Å². The van der Waals surface area contributed by atoms with Gasteiger partial charge in [-0.15, -0.1) is 0 Å². The van der Waals surface area contributed by atoms with Gasteiger partial charge in [-0.05, 0) is 57.0 Å². The normalized spacial score (nSPS) is 13.1. The number of carbonyl (C=O) groups is 2. The molecule has 0 bridgehead atoms. The molecule has 7 nitrogen and oxygen atoms in total. The van der Waals surface area contributed by atoms with E-state index in [0.717, 1.165) is 12.3 Å². The molecule has 2 aromatic rings. The van der Waals surface area contributed by atoms with Crippen LogP contribution in [0.2, 0.25) is 10.0 Å². The Morgan fingerprint density at radius 3 is 2.13 bits per heavy atom. The van der Waals surface area contributed by atoms with Gasteiger partial charge in [0.15, 0.2) is 0 Å². The third-order valence-corrected chi connectivity index (χ3v) is 7.22. The maximum atomic E-state index is 13.7. The van der Waals surface area contributed by atoms with Crippen LogP contribution in [-0.4, -0.2) is 49.5 Å². The zero-order chi connectivity index (χ0) is 29.1.